The van der Waals surface area contributed by atoms with Crippen LogP contribution in [0.15, 0.2) is 48.5 Å². The predicted molar refractivity (Wildman–Crippen MR) is 132 cm³/mol. The highest BCUT2D eigenvalue weighted by Gasteiger charge is 2.30. The number of aliphatic carboxylic acids is 1. The van der Waals surface area contributed by atoms with Crippen LogP contribution in [0.4, 0.5) is 4.39 Å². The molecule has 7 heteroatoms. The first-order valence-electron chi connectivity index (χ1n) is 11.5. The molecule has 0 spiro atoms. The summed E-state index contributed by atoms with van der Waals surface area (Å²) in [5, 5.41) is 8.31. The predicted octanol–water partition coefficient (Wildman–Crippen LogP) is 6.30. The average molecular weight is 480 g/mol. The Hall–Kier alpha value is -2.25. The Morgan fingerprint density at radius 2 is 1.73 bits per heavy atom. The largest absolute Gasteiger partial charge is 0.481 e. The number of hydrogen-bond donors (Lipinski definition) is 1. The Morgan fingerprint density at radius 3 is 2.24 bits per heavy atom. The van der Waals surface area contributed by atoms with E-state index >= 15 is 0 Å². The molecule has 184 valence electrons. The third-order valence-electron chi connectivity index (χ3n) is 5.99. The maximum absolute atomic E-state index is 15.0. The van der Waals surface area contributed by atoms with E-state index in [0.29, 0.717) is 12.0 Å². The first-order valence-corrected chi connectivity index (χ1v) is 13.0. The van der Waals surface area contributed by atoms with Crippen molar-refractivity contribution in [1.82, 2.24) is 4.31 Å². The molecule has 1 N–H and O–H groups in total. The van der Waals surface area contributed by atoms with Crippen molar-refractivity contribution in [2.45, 2.75) is 77.5 Å². The van der Waals surface area contributed by atoms with Crippen LogP contribution in [0.1, 0.15) is 82.2 Å². The summed E-state index contributed by atoms with van der Waals surface area (Å²) >= 11 is 0. The molecule has 0 saturated heterocycles. The van der Waals surface area contributed by atoms with Gasteiger partial charge in [0.05, 0.1) is 5.25 Å². The van der Waals surface area contributed by atoms with Gasteiger partial charge in [0, 0.05) is 25.6 Å². The lowest BCUT2D eigenvalue weighted by Crippen LogP contribution is -2.30. The topological polar surface area (TPSA) is 74.7 Å². The molecular formula is C26H38FNO4S. The molecule has 33 heavy (non-hydrogen) atoms. The maximum Gasteiger partial charge on any atom is 0.303 e. The highest BCUT2D eigenvalue weighted by molar-refractivity contribution is 7.89. The van der Waals surface area contributed by atoms with Crippen LogP contribution in [-0.2, 0) is 26.8 Å². The van der Waals surface area contributed by atoms with Gasteiger partial charge in [0.15, 0.2) is 0 Å². The standard InChI is InChI=1S/C24H32FNO4S.C2H6/c1-5-14-24(3,15-13-23(27)28)21-12-11-20(22(25)16-21)17-26(4)31(29,30)18(2)19-9-7-6-8-10-19;1-2/h6-12,16,18H,5,13-15,17H2,1-4H3,(H,27,28);1-2H3/t18-,24?;/m1./s1. The molecule has 2 rings (SSSR count). The van der Waals surface area contributed by atoms with Crippen molar-refractivity contribution in [2.24, 2.45) is 0 Å². The molecule has 0 aliphatic heterocycles. The van der Waals surface area contributed by atoms with Crippen molar-refractivity contribution in [3.8, 4) is 0 Å². The van der Waals surface area contributed by atoms with E-state index < -0.39 is 32.5 Å². The van der Waals surface area contributed by atoms with Crippen LogP contribution >= 0.6 is 0 Å². The number of nitrogens with zero attached hydrogens (tertiary/aromatic N) is 1. The Bertz CT molecular complexity index is 995. The van der Waals surface area contributed by atoms with E-state index in [9.17, 15) is 17.6 Å². The molecule has 2 aromatic rings. The zero-order valence-electron chi connectivity index (χ0n) is 20.6. The van der Waals surface area contributed by atoms with Crippen LogP contribution in [0.3, 0.4) is 0 Å². The molecular weight excluding hydrogens is 441 g/mol. The number of benzene rings is 2. The van der Waals surface area contributed by atoms with E-state index in [1.54, 1.807) is 43.3 Å². The zero-order valence-corrected chi connectivity index (χ0v) is 21.5. The number of carboxylic acids is 1. The summed E-state index contributed by atoms with van der Waals surface area (Å²) in [6.45, 7) is 9.51. The molecule has 0 aliphatic rings. The summed E-state index contributed by atoms with van der Waals surface area (Å²) in [4.78, 5) is 11.0. The first-order chi connectivity index (χ1) is 15.5. The fourth-order valence-corrected chi connectivity index (χ4v) is 5.25. The second kappa shape index (κ2) is 12.8. The molecule has 0 bridgehead atoms. The van der Waals surface area contributed by atoms with Crippen LogP contribution < -0.4 is 0 Å². The fourth-order valence-electron chi connectivity index (χ4n) is 3.90. The van der Waals surface area contributed by atoms with Gasteiger partial charge < -0.3 is 5.11 Å². The number of sulfonamides is 1. The van der Waals surface area contributed by atoms with Gasteiger partial charge in [-0.3, -0.25) is 4.79 Å². The van der Waals surface area contributed by atoms with Gasteiger partial charge in [-0.05, 0) is 42.4 Å². The summed E-state index contributed by atoms with van der Waals surface area (Å²) in [7, 11) is -2.22. The highest BCUT2D eigenvalue weighted by atomic mass is 32.2. The molecule has 0 heterocycles. The quantitative estimate of drug-likeness (QED) is 0.410. The van der Waals surface area contributed by atoms with E-state index in [1.807, 2.05) is 33.8 Å². The minimum Gasteiger partial charge on any atom is -0.481 e. The lowest BCUT2D eigenvalue weighted by atomic mass is 9.75. The molecule has 0 saturated carbocycles. The summed E-state index contributed by atoms with van der Waals surface area (Å²) in [6.07, 6.45) is 2.01. The summed E-state index contributed by atoms with van der Waals surface area (Å²) in [6, 6.07) is 13.7. The Kier molecular flexibility index (Phi) is 11.2. The van der Waals surface area contributed by atoms with E-state index in [1.165, 1.54) is 17.4 Å². The molecule has 2 atom stereocenters. The van der Waals surface area contributed by atoms with Crippen LogP contribution in [0.2, 0.25) is 0 Å². The lowest BCUT2D eigenvalue weighted by Gasteiger charge is -2.30. The van der Waals surface area contributed by atoms with Crippen molar-refractivity contribution in [1.29, 1.82) is 0 Å². The average Bonchev–Trinajstić information content (AvgIpc) is 2.80. The molecule has 2 aromatic carbocycles. The van der Waals surface area contributed by atoms with Crippen molar-refractivity contribution in [3.63, 3.8) is 0 Å². The van der Waals surface area contributed by atoms with E-state index in [2.05, 4.69) is 0 Å². The van der Waals surface area contributed by atoms with E-state index in [4.69, 9.17) is 5.11 Å². The number of carbonyl (C=O) groups is 1. The normalized spacial score (nSPS) is 14.2. The SMILES string of the molecule is CC.CCCC(C)(CCC(=O)O)c1ccc(CN(C)S(=O)(=O)[C@H](C)c2ccccc2)c(F)c1. The van der Waals surface area contributed by atoms with Gasteiger partial charge in [0.2, 0.25) is 10.0 Å². The molecule has 5 nitrogen and oxygen atoms in total. The summed E-state index contributed by atoms with van der Waals surface area (Å²) in [5.74, 6) is -1.36. The van der Waals surface area contributed by atoms with Crippen LogP contribution in [0.5, 0.6) is 0 Å². The van der Waals surface area contributed by atoms with Gasteiger partial charge in [0.1, 0.15) is 5.82 Å². The molecule has 1 unspecified atom stereocenters. The third-order valence-corrected chi connectivity index (χ3v) is 8.15. The minimum atomic E-state index is -3.67. The van der Waals surface area contributed by atoms with Gasteiger partial charge in [-0.15, -0.1) is 0 Å². The Balaban J connectivity index is 0.00000265. The molecule has 0 fully saturated rings. The third kappa shape index (κ3) is 7.64. The van der Waals surface area contributed by atoms with Crippen LogP contribution in [0.25, 0.3) is 0 Å². The first kappa shape index (κ1) is 28.8. The van der Waals surface area contributed by atoms with Crippen molar-refractivity contribution < 1.29 is 22.7 Å². The molecule has 0 aromatic heterocycles. The van der Waals surface area contributed by atoms with Crippen molar-refractivity contribution >= 4 is 16.0 Å². The maximum atomic E-state index is 15.0. The number of rotatable bonds is 11. The smallest absolute Gasteiger partial charge is 0.303 e. The molecule has 0 radical (unpaired) electrons. The summed E-state index contributed by atoms with van der Waals surface area (Å²) < 4.78 is 42.0. The van der Waals surface area contributed by atoms with E-state index in [0.717, 1.165) is 18.4 Å². The zero-order chi connectivity index (χ0) is 25.2. The number of halogens is 1. The van der Waals surface area contributed by atoms with Gasteiger partial charge in [-0.25, -0.2) is 12.8 Å². The number of hydrogen-bond acceptors (Lipinski definition) is 3. The summed E-state index contributed by atoms with van der Waals surface area (Å²) in [5.41, 5.74) is 1.25. The molecule has 0 amide bonds. The molecule has 0 aliphatic carbocycles. The van der Waals surface area contributed by atoms with Crippen molar-refractivity contribution in [3.05, 3.63) is 71.0 Å². The fraction of sp³-hybridized carbons (Fsp3) is 0.500. The van der Waals surface area contributed by atoms with Gasteiger partial charge in [0.25, 0.3) is 0 Å². The lowest BCUT2D eigenvalue weighted by molar-refractivity contribution is -0.137. The Labute approximate surface area is 198 Å². The second-order valence-electron chi connectivity index (χ2n) is 8.36. The van der Waals surface area contributed by atoms with Crippen molar-refractivity contribution in [2.75, 3.05) is 7.05 Å². The Morgan fingerprint density at radius 1 is 1.12 bits per heavy atom. The van der Waals surface area contributed by atoms with E-state index in [-0.39, 0.29) is 18.5 Å². The second-order valence-corrected chi connectivity index (χ2v) is 10.7. The van der Waals surface area contributed by atoms with Gasteiger partial charge in [-0.2, -0.15) is 4.31 Å². The minimum absolute atomic E-state index is 0.0121. The monoisotopic (exact) mass is 479 g/mol. The highest BCUT2D eigenvalue weighted by Crippen LogP contribution is 2.35. The van der Waals surface area contributed by atoms with Gasteiger partial charge in [-0.1, -0.05) is 76.6 Å². The van der Waals surface area contributed by atoms with Gasteiger partial charge >= 0.3 is 5.97 Å². The van der Waals surface area contributed by atoms with Crippen LogP contribution in [-0.4, -0.2) is 30.8 Å². The van der Waals surface area contributed by atoms with Crippen LogP contribution in [0, 0.1) is 5.82 Å². The number of carboxylic acid groups (broad SMARTS) is 1.